The number of Topliss-reactive ketones (excluding diaryl/α,β-unsaturated/α-hetero) is 1. The number of phenols is 1. The Labute approximate surface area is 174 Å². The van der Waals surface area contributed by atoms with Crippen molar-refractivity contribution in [3.63, 3.8) is 0 Å². The van der Waals surface area contributed by atoms with Crippen molar-refractivity contribution in [3.8, 4) is 11.5 Å². The predicted octanol–water partition coefficient (Wildman–Crippen LogP) is 3.14. The minimum absolute atomic E-state index is 0.0523. The van der Waals surface area contributed by atoms with Gasteiger partial charge in [-0.15, -0.1) is 0 Å². The molecule has 158 valence electrons. The normalized spacial score (nSPS) is 17.0. The number of ketones is 1. The van der Waals surface area contributed by atoms with Gasteiger partial charge in [0.05, 0.1) is 20.3 Å². The van der Waals surface area contributed by atoms with Crippen molar-refractivity contribution >= 4 is 17.7 Å². The number of methoxy groups -OCH3 is 1. The first-order valence-corrected chi connectivity index (χ1v) is 9.75. The molecule has 7 heteroatoms. The van der Waals surface area contributed by atoms with Gasteiger partial charge in [-0.05, 0) is 37.1 Å². The Morgan fingerprint density at radius 1 is 1.07 bits per heavy atom. The summed E-state index contributed by atoms with van der Waals surface area (Å²) in [5.41, 5.74) is -0.916. The van der Waals surface area contributed by atoms with E-state index in [9.17, 15) is 19.5 Å². The maximum atomic E-state index is 13.4. The Hall–Kier alpha value is -3.35. The van der Waals surface area contributed by atoms with Crippen molar-refractivity contribution in [1.82, 2.24) is 0 Å². The van der Waals surface area contributed by atoms with Gasteiger partial charge in [-0.3, -0.25) is 14.4 Å². The summed E-state index contributed by atoms with van der Waals surface area (Å²) < 4.78 is 15.8. The molecule has 1 aliphatic rings. The fourth-order valence-electron chi connectivity index (χ4n) is 4.08. The molecule has 0 radical (unpaired) electrons. The highest BCUT2D eigenvalue weighted by molar-refractivity contribution is 6.14. The van der Waals surface area contributed by atoms with Gasteiger partial charge in [-0.25, -0.2) is 0 Å². The second kappa shape index (κ2) is 8.57. The lowest BCUT2D eigenvalue weighted by Gasteiger charge is -2.40. The highest BCUT2D eigenvalue weighted by Gasteiger charge is 2.60. The molecule has 0 spiro atoms. The first kappa shape index (κ1) is 21.4. The van der Waals surface area contributed by atoms with Crippen LogP contribution in [0.15, 0.2) is 42.5 Å². The number of hydrogen-bond donors (Lipinski definition) is 1. The van der Waals surface area contributed by atoms with Crippen LogP contribution in [0.25, 0.3) is 0 Å². The number of rotatable bonds is 6. The molecule has 0 saturated heterocycles. The number of benzene rings is 2. The molecule has 30 heavy (non-hydrogen) atoms. The van der Waals surface area contributed by atoms with Gasteiger partial charge in [0, 0.05) is 17.9 Å². The zero-order valence-corrected chi connectivity index (χ0v) is 17.1. The number of hydrogen-bond acceptors (Lipinski definition) is 7. The number of aromatic hydroxyl groups is 1. The molecule has 3 rings (SSSR count). The van der Waals surface area contributed by atoms with E-state index < -0.39 is 23.3 Å². The molecule has 1 aliphatic carbocycles. The quantitative estimate of drug-likeness (QED) is 0.575. The fourth-order valence-corrected chi connectivity index (χ4v) is 4.08. The summed E-state index contributed by atoms with van der Waals surface area (Å²) in [7, 11) is 1.41. The van der Waals surface area contributed by atoms with E-state index in [0.29, 0.717) is 5.56 Å². The lowest BCUT2D eigenvalue weighted by atomic mass is 9.60. The van der Waals surface area contributed by atoms with Crippen LogP contribution in [0.1, 0.15) is 47.7 Å². The standard InChI is InChI=1S/C23H24O7/c1-4-29-21(26)23(22(27)30-5-2)16-9-7-6-8-15(16)18(24)13-17(23)14-10-11-20(28-3)19(25)12-14/h6-12,17,25H,4-5,13H2,1-3H3. The molecular weight excluding hydrogens is 388 g/mol. The third-order valence-corrected chi connectivity index (χ3v) is 5.36. The zero-order chi connectivity index (χ0) is 21.9. The molecule has 0 saturated carbocycles. The molecule has 1 N–H and O–H groups in total. The van der Waals surface area contributed by atoms with E-state index in [1.165, 1.54) is 19.2 Å². The van der Waals surface area contributed by atoms with Gasteiger partial charge in [0.1, 0.15) is 0 Å². The molecule has 0 aromatic heterocycles. The van der Waals surface area contributed by atoms with E-state index in [1.807, 2.05) is 0 Å². The highest BCUT2D eigenvalue weighted by Crippen LogP contribution is 2.50. The highest BCUT2D eigenvalue weighted by atomic mass is 16.6. The van der Waals surface area contributed by atoms with Crippen molar-refractivity contribution in [3.05, 3.63) is 59.2 Å². The van der Waals surface area contributed by atoms with E-state index in [-0.39, 0.29) is 48.0 Å². The molecule has 0 heterocycles. The first-order valence-electron chi connectivity index (χ1n) is 9.75. The molecule has 2 aromatic rings. The van der Waals surface area contributed by atoms with Crippen LogP contribution in [0, 0.1) is 0 Å². The summed E-state index contributed by atoms with van der Waals surface area (Å²) in [6, 6.07) is 11.1. The maximum absolute atomic E-state index is 13.4. The Balaban J connectivity index is 2.33. The smallest absolute Gasteiger partial charge is 0.328 e. The second-order valence-electron chi connectivity index (χ2n) is 6.91. The Bertz CT molecular complexity index is 961. The van der Waals surface area contributed by atoms with Gasteiger partial charge < -0.3 is 19.3 Å². The largest absolute Gasteiger partial charge is 0.504 e. The van der Waals surface area contributed by atoms with Gasteiger partial charge in [0.25, 0.3) is 0 Å². The molecule has 7 nitrogen and oxygen atoms in total. The number of esters is 2. The predicted molar refractivity (Wildman–Crippen MR) is 108 cm³/mol. The topological polar surface area (TPSA) is 99.1 Å². The van der Waals surface area contributed by atoms with Gasteiger partial charge >= 0.3 is 11.9 Å². The van der Waals surface area contributed by atoms with Crippen molar-refractivity contribution < 1.29 is 33.7 Å². The van der Waals surface area contributed by atoms with Crippen LogP contribution in [0.5, 0.6) is 11.5 Å². The van der Waals surface area contributed by atoms with E-state index in [1.54, 1.807) is 44.2 Å². The molecule has 0 fully saturated rings. The Morgan fingerprint density at radius 3 is 2.27 bits per heavy atom. The van der Waals surface area contributed by atoms with Crippen LogP contribution in [0.4, 0.5) is 0 Å². The maximum Gasteiger partial charge on any atom is 0.328 e. The van der Waals surface area contributed by atoms with Crippen molar-refractivity contribution in [1.29, 1.82) is 0 Å². The van der Waals surface area contributed by atoms with Crippen molar-refractivity contribution in [2.75, 3.05) is 20.3 Å². The molecule has 1 unspecified atom stereocenters. The number of carbonyl (C=O) groups is 3. The fraction of sp³-hybridized carbons (Fsp3) is 0.348. The third-order valence-electron chi connectivity index (χ3n) is 5.36. The Morgan fingerprint density at radius 2 is 1.70 bits per heavy atom. The van der Waals surface area contributed by atoms with E-state index >= 15 is 0 Å². The van der Waals surface area contributed by atoms with Gasteiger partial charge in [0.2, 0.25) is 0 Å². The Kier molecular flexibility index (Phi) is 6.10. The van der Waals surface area contributed by atoms with Crippen molar-refractivity contribution in [2.45, 2.75) is 31.6 Å². The van der Waals surface area contributed by atoms with Gasteiger partial charge in [0.15, 0.2) is 22.7 Å². The summed E-state index contributed by atoms with van der Waals surface area (Å²) in [4.78, 5) is 39.7. The van der Waals surface area contributed by atoms with Crippen LogP contribution < -0.4 is 4.74 Å². The SMILES string of the molecule is CCOC(=O)C1(C(=O)OCC)c2ccccc2C(=O)CC1c1ccc(OC)c(O)c1. The summed E-state index contributed by atoms with van der Waals surface area (Å²) >= 11 is 0. The van der Waals surface area contributed by atoms with Crippen molar-refractivity contribution in [2.24, 2.45) is 0 Å². The van der Waals surface area contributed by atoms with E-state index in [0.717, 1.165) is 0 Å². The zero-order valence-electron chi connectivity index (χ0n) is 17.1. The second-order valence-corrected chi connectivity index (χ2v) is 6.91. The monoisotopic (exact) mass is 412 g/mol. The minimum atomic E-state index is -1.88. The number of fused-ring (bicyclic) bond motifs is 1. The summed E-state index contributed by atoms with van der Waals surface area (Å²) in [6.07, 6.45) is -0.125. The lowest BCUT2D eigenvalue weighted by Crippen LogP contribution is -2.54. The van der Waals surface area contributed by atoms with Crippen LogP contribution in [-0.2, 0) is 24.5 Å². The molecule has 2 aromatic carbocycles. The molecule has 0 amide bonds. The van der Waals surface area contributed by atoms with Gasteiger partial charge in [-0.1, -0.05) is 30.3 Å². The summed E-state index contributed by atoms with van der Waals surface area (Å²) in [6.45, 7) is 3.39. The third kappa shape index (κ3) is 3.30. The molecule has 0 aliphatic heterocycles. The van der Waals surface area contributed by atoms with Crippen LogP contribution in [0.3, 0.4) is 0 Å². The van der Waals surface area contributed by atoms with Crippen LogP contribution >= 0.6 is 0 Å². The number of phenolic OH excluding ortho intramolecular Hbond substituents is 1. The summed E-state index contributed by atoms with van der Waals surface area (Å²) in [5, 5.41) is 10.3. The minimum Gasteiger partial charge on any atom is -0.504 e. The van der Waals surface area contributed by atoms with Crippen LogP contribution in [0.2, 0.25) is 0 Å². The molecule has 1 atom stereocenters. The average molecular weight is 412 g/mol. The van der Waals surface area contributed by atoms with E-state index in [4.69, 9.17) is 14.2 Å². The van der Waals surface area contributed by atoms with E-state index in [2.05, 4.69) is 0 Å². The average Bonchev–Trinajstić information content (AvgIpc) is 2.74. The van der Waals surface area contributed by atoms with Crippen LogP contribution in [-0.4, -0.2) is 43.2 Å². The first-order chi connectivity index (χ1) is 14.4. The number of carbonyl (C=O) groups excluding carboxylic acids is 3. The number of ether oxygens (including phenoxy) is 3. The summed E-state index contributed by atoms with van der Waals surface area (Å²) in [5.74, 6) is -2.64. The molecular formula is C23H24O7. The molecule has 0 bridgehead atoms. The van der Waals surface area contributed by atoms with Gasteiger partial charge in [-0.2, -0.15) is 0 Å². The lowest BCUT2D eigenvalue weighted by molar-refractivity contribution is -0.166.